The van der Waals surface area contributed by atoms with Crippen molar-refractivity contribution in [1.82, 2.24) is 14.6 Å². The molecule has 3 rings (SSSR count). The number of carbonyl (C=O) groups is 1. The van der Waals surface area contributed by atoms with Gasteiger partial charge in [-0.05, 0) is 48.2 Å². The van der Waals surface area contributed by atoms with Crippen LogP contribution in [0.25, 0.3) is 11.0 Å². The largest absolute Gasteiger partial charge is 0.464 e. The summed E-state index contributed by atoms with van der Waals surface area (Å²) in [6.07, 6.45) is 3.31. The molecule has 0 saturated carbocycles. The van der Waals surface area contributed by atoms with E-state index in [0.29, 0.717) is 29.8 Å². The lowest BCUT2D eigenvalue weighted by Gasteiger charge is -2.30. The summed E-state index contributed by atoms with van der Waals surface area (Å²) in [4.78, 5) is 19.7. The van der Waals surface area contributed by atoms with E-state index in [1.54, 1.807) is 41.4 Å². The van der Waals surface area contributed by atoms with Crippen molar-refractivity contribution >= 4 is 26.9 Å². The number of hydrogen-bond donors (Lipinski definition) is 1. The van der Waals surface area contributed by atoms with Crippen molar-refractivity contribution in [2.75, 3.05) is 13.1 Å². The Kier molecular flexibility index (Phi) is 7.69. The topological polar surface area (TPSA) is 92.5 Å². The SMILES string of the molecule is CC(C)CN(CC(C)C)C(=O)[C@H](Cc1ccccn1)NS(=O)(=O)c1ccc2occc2c1. The maximum atomic E-state index is 13.6. The summed E-state index contributed by atoms with van der Waals surface area (Å²) < 4.78 is 34.4. The molecule has 0 aliphatic heterocycles. The highest BCUT2D eigenvalue weighted by Gasteiger charge is 2.30. The molecule has 0 unspecified atom stereocenters. The molecule has 0 aliphatic rings. The predicted molar refractivity (Wildman–Crippen MR) is 125 cm³/mol. The van der Waals surface area contributed by atoms with Crippen LogP contribution in [-0.4, -0.2) is 43.3 Å². The van der Waals surface area contributed by atoms with Gasteiger partial charge in [-0.25, -0.2) is 8.42 Å². The van der Waals surface area contributed by atoms with E-state index in [1.165, 1.54) is 12.3 Å². The number of pyridine rings is 1. The lowest BCUT2D eigenvalue weighted by Crippen LogP contribution is -2.51. The first kappa shape index (κ1) is 23.9. The van der Waals surface area contributed by atoms with Crippen molar-refractivity contribution in [2.24, 2.45) is 11.8 Å². The molecule has 0 fully saturated rings. The average molecular weight is 458 g/mol. The third-order valence-electron chi connectivity index (χ3n) is 4.95. The number of hydrogen-bond acceptors (Lipinski definition) is 5. The first-order valence-corrected chi connectivity index (χ1v) is 12.3. The summed E-state index contributed by atoms with van der Waals surface area (Å²) in [6.45, 7) is 9.27. The average Bonchev–Trinajstić information content (AvgIpc) is 3.20. The van der Waals surface area contributed by atoms with Crippen LogP contribution in [0.5, 0.6) is 0 Å². The number of furan rings is 1. The molecular weight excluding hydrogens is 426 g/mol. The second kappa shape index (κ2) is 10.3. The van der Waals surface area contributed by atoms with Gasteiger partial charge in [-0.15, -0.1) is 0 Å². The summed E-state index contributed by atoms with van der Waals surface area (Å²) >= 11 is 0. The highest BCUT2D eigenvalue weighted by atomic mass is 32.2. The standard InChI is InChI=1S/C24H31N3O4S/c1-17(2)15-27(16-18(3)4)24(28)22(14-20-7-5-6-11-25-20)26-32(29,30)21-8-9-23-19(13-21)10-12-31-23/h5-13,17-18,22,26H,14-16H2,1-4H3/t22-/m0/s1. The van der Waals surface area contributed by atoms with E-state index in [2.05, 4.69) is 9.71 Å². The first-order chi connectivity index (χ1) is 15.2. The van der Waals surface area contributed by atoms with E-state index >= 15 is 0 Å². The van der Waals surface area contributed by atoms with Crippen molar-refractivity contribution in [3.8, 4) is 0 Å². The number of nitrogens with one attached hydrogen (secondary N) is 1. The van der Waals surface area contributed by atoms with Crippen LogP contribution in [-0.2, 0) is 21.2 Å². The quantitative estimate of drug-likeness (QED) is 0.499. The van der Waals surface area contributed by atoms with Crippen LogP contribution in [0.3, 0.4) is 0 Å². The summed E-state index contributed by atoms with van der Waals surface area (Å²) in [7, 11) is -3.95. The second-order valence-electron chi connectivity index (χ2n) is 8.85. The molecule has 0 radical (unpaired) electrons. The Morgan fingerprint density at radius 2 is 1.78 bits per heavy atom. The zero-order chi connectivity index (χ0) is 23.3. The predicted octanol–water partition coefficient (Wildman–Crippen LogP) is 3.86. The van der Waals surface area contributed by atoms with Crippen LogP contribution < -0.4 is 4.72 Å². The molecule has 0 aliphatic carbocycles. The van der Waals surface area contributed by atoms with Gasteiger partial charge < -0.3 is 9.32 Å². The van der Waals surface area contributed by atoms with Gasteiger partial charge in [-0.3, -0.25) is 9.78 Å². The summed E-state index contributed by atoms with van der Waals surface area (Å²) in [5.74, 6) is 0.271. The van der Waals surface area contributed by atoms with Crippen LogP contribution >= 0.6 is 0 Å². The van der Waals surface area contributed by atoms with Gasteiger partial charge in [0.1, 0.15) is 11.6 Å². The number of nitrogens with zero attached hydrogens (tertiary/aromatic N) is 2. The highest BCUT2D eigenvalue weighted by molar-refractivity contribution is 7.89. The van der Waals surface area contributed by atoms with E-state index in [4.69, 9.17) is 4.42 Å². The molecule has 1 atom stereocenters. The van der Waals surface area contributed by atoms with Crippen molar-refractivity contribution in [3.05, 3.63) is 60.6 Å². The van der Waals surface area contributed by atoms with Crippen molar-refractivity contribution in [3.63, 3.8) is 0 Å². The molecular formula is C24H31N3O4S. The Morgan fingerprint density at radius 3 is 2.41 bits per heavy atom. The number of carbonyl (C=O) groups excluding carboxylic acids is 1. The van der Waals surface area contributed by atoms with Crippen LogP contribution in [0, 0.1) is 11.8 Å². The van der Waals surface area contributed by atoms with Crippen molar-refractivity contribution in [2.45, 2.75) is 45.1 Å². The monoisotopic (exact) mass is 457 g/mol. The van der Waals surface area contributed by atoms with Crippen LogP contribution in [0.4, 0.5) is 0 Å². The molecule has 7 nitrogen and oxygen atoms in total. The van der Waals surface area contributed by atoms with Gasteiger partial charge in [0.05, 0.1) is 11.2 Å². The lowest BCUT2D eigenvalue weighted by atomic mass is 10.1. The fourth-order valence-electron chi connectivity index (χ4n) is 3.63. The lowest BCUT2D eigenvalue weighted by molar-refractivity contribution is -0.134. The third kappa shape index (κ3) is 6.17. The van der Waals surface area contributed by atoms with Crippen LogP contribution in [0.15, 0.2) is 64.2 Å². The Hall–Kier alpha value is -2.71. The van der Waals surface area contributed by atoms with E-state index < -0.39 is 16.1 Å². The number of sulfonamides is 1. The minimum Gasteiger partial charge on any atom is -0.464 e. The number of amides is 1. The summed E-state index contributed by atoms with van der Waals surface area (Å²) in [5, 5.41) is 0.682. The summed E-state index contributed by atoms with van der Waals surface area (Å²) in [5.41, 5.74) is 1.25. The molecule has 0 spiro atoms. The Balaban J connectivity index is 1.92. The van der Waals surface area contributed by atoms with E-state index in [0.717, 1.165) is 0 Å². The molecule has 2 aromatic heterocycles. The maximum absolute atomic E-state index is 13.6. The number of aromatic nitrogens is 1. The minimum atomic E-state index is -3.95. The number of benzene rings is 1. The molecule has 1 amide bonds. The molecule has 1 N–H and O–H groups in total. The Labute approximate surface area is 189 Å². The normalized spacial score (nSPS) is 13.1. The fourth-order valence-corrected chi connectivity index (χ4v) is 4.86. The molecule has 32 heavy (non-hydrogen) atoms. The number of rotatable bonds is 10. The Bertz CT molecular complexity index is 1130. The Morgan fingerprint density at radius 1 is 1.06 bits per heavy atom. The van der Waals surface area contributed by atoms with Gasteiger partial charge in [0.2, 0.25) is 15.9 Å². The van der Waals surface area contributed by atoms with Crippen molar-refractivity contribution < 1.29 is 17.6 Å². The van der Waals surface area contributed by atoms with Gasteiger partial charge in [0, 0.05) is 36.8 Å². The minimum absolute atomic E-state index is 0.0875. The van der Waals surface area contributed by atoms with Crippen LogP contribution in [0.2, 0.25) is 0 Å². The van der Waals surface area contributed by atoms with E-state index in [1.807, 2.05) is 33.8 Å². The second-order valence-corrected chi connectivity index (χ2v) is 10.6. The fraction of sp³-hybridized carbons (Fsp3) is 0.417. The van der Waals surface area contributed by atoms with E-state index in [9.17, 15) is 13.2 Å². The maximum Gasteiger partial charge on any atom is 0.241 e. The smallest absolute Gasteiger partial charge is 0.241 e. The first-order valence-electron chi connectivity index (χ1n) is 10.8. The van der Waals surface area contributed by atoms with Crippen molar-refractivity contribution in [1.29, 1.82) is 0 Å². The molecule has 1 aromatic carbocycles. The van der Waals surface area contributed by atoms with Crippen LogP contribution in [0.1, 0.15) is 33.4 Å². The molecule has 2 heterocycles. The molecule has 0 bridgehead atoms. The highest BCUT2D eigenvalue weighted by Crippen LogP contribution is 2.21. The van der Waals surface area contributed by atoms with Gasteiger partial charge in [0.15, 0.2) is 0 Å². The van der Waals surface area contributed by atoms with Gasteiger partial charge in [-0.1, -0.05) is 33.8 Å². The molecule has 8 heteroatoms. The zero-order valence-corrected chi connectivity index (χ0v) is 19.8. The third-order valence-corrected chi connectivity index (χ3v) is 6.42. The van der Waals surface area contributed by atoms with Gasteiger partial charge in [-0.2, -0.15) is 4.72 Å². The van der Waals surface area contributed by atoms with Gasteiger partial charge >= 0.3 is 0 Å². The molecule has 0 saturated heterocycles. The van der Waals surface area contributed by atoms with E-state index in [-0.39, 0.29) is 29.1 Å². The summed E-state index contributed by atoms with van der Waals surface area (Å²) in [6, 6.07) is 10.8. The molecule has 172 valence electrons. The zero-order valence-electron chi connectivity index (χ0n) is 19.0. The van der Waals surface area contributed by atoms with Gasteiger partial charge in [0.25, 0.3) is 0 Å². The number of fused-ring (bicyclic) bond motifs is 1. The molecule has 3 aromatic rings.